The molecule has 6 heteroatoms. The molecule has 0 radical (unpaired) electrons. The predicted octanol–water partition coefficient (Wildman–Crippen LogP) is 4.00. The number of thiophene rings is 1. The third kappa shape index (κ3) is 3.94. The van der Waals surface area contributed by atoms with Crippen LogP contribution in [0.25, 0.3) is 10.1 Å². The van der Waals surface area contributed by atoms with E-state index in [1.807, 2.05) is 42.5 Å². The molecule has 3 aromatic rings. The van der Waals surface area contributed by atoms with Gasteiger partial charge in [-0.15, -0.1) is 11.3 Å². The van der Waals surface area contributed by atoms with E-state index in [0.717, 1.165) is 20.5 Å². The normalized spacial score (nSPS) is 13.7. The number of benzene rings is 2. The van der Waals surface area contributed by atoms with Crippen LogP contribution in [0.15, 0.2) is 54.6 Å². The average Bonchev–Trinajstić information content (AvgIpc) is 3.09. The molecule has 4 N–H and O–H groups in total. The number of carbonyl (C=O) groups is 1. The molecule has 2 aromatic carbocycles. The van der Waals surface area contributed by atoms with Crippen molar-refractivity contribution in [1.82, 2.24) is 10.8 Å². The maximum absolute atomic E-state index is 11.5. The third-order valence-corrected chi connectivity index (χ3v) is 5.52. The van der Waals surface area contributed by atoms with Crippen LogP contribution in [0.1, 0.15) is 46.9 Å². The first-order valence-electron chi connectivity index (χ1n) is 8.46. The first kappa shape index (κ1) is 18.5. The minimum atomic E-state index is -0.778. The Morgan fingerprint density at radius 3 is 2.38 bits per heavy atom. The molecule has 0 bridgehead atoms. The molecule has 0 saturated carbocycles. The summed E-state index contributed by atoms with van der Waals surface area (Å²) in [5.74, 6) is -0.313. The highest BCUT2D eigenvalue weighted by molar-refractivity contribution is 7.19. The van der Waals surface area contributed by atoms with E-state index in [0.29, 0.717) is 5.56 Å². The van der Waals surface area contributed by atoms with Gasteiger partial charge in [0.2, 0.25) is 0 Å². The van der Waals surface area contributed by atoms with Crippen molar-refractivity contribution in [2.45, 2.75) is 26.1 Å². The van der Waals surface area contributed by atoms with Crippen LogP contribution in [0.3, 0.4) is 0 Å². The molecule has 1 amide bonds. The van der Waals surface area contributed by atoms with E-state index in [1.54, 1.807) is 28.9 Å². The van der Waals surface area contributed by atoms with Crippen molar-refractivity contribution in [3.05, 3.63) is 70.6 Å². The SMILES string of the molecule is CC(C)[C@H](NC(O)c1cc2ccccc2s1)c1ccc(C(=O)NO)cc1. The zero-order valence-electron chi connectivity index (χ0n) is 14.6. The monoisotopic (exact) mass is 370 g/mol. The van der Waals surface area contributed by atoms with E-state index < -0.39 is 12.1 Å². The van der Waals surface area contributed by atoms with Crippen LogP contribution in [-0.4, -0.2) is 16.2 Å². The quantitative estimate of drug-likeness (QED) is 0.300. The Morgan fingerprint density at radius 1 is 1.08 bits per heavy atom. The van der Waals surface area contributed by atoms with E-state index in [9.17, 15) is 9.90 Å². The van der Waals surface area contributed by atoms with Gasteiger partial charge in [-0.3, -0.25) is 15.3 Å². The first-order chi connectivity index (χ1) is 12.5. The Hall–Kier alpha value is -2.25. The van der Waals surface area contributed by atoms with Gasteiger partial charge in [-0.1, -0.05) is 44.2 Å². The molecular formula is C20H22N2O3S. The van der Waals surface area contributed by atoms with Crippen molar-refractivity contribution in [2.75, 3.05) is 0 Å². The van der Waals surface area contributed by atoms with Gasteiger partial charge in [0.15, 0.2) is 0 Å². The molecule has 2 atom stereocenters. The van der Waals surface area contributed by atoms with Crippen LogP contribution in [0.2, 0.25) is 0 Å². The fourth-order valence-electron chi connectivity index (χ4n) is 2.97. The molecular weight excluding hydrogens is 348 g/mol. The summed E-state index contributed by atoms with van der Waals surface area (Å²) in [5.41, 5.74) is 2.97. The number of rotatable bonds is 6. The fourth-order valence-corrected chi connectivity index (χ4v) is 3.98. The smallest absolute Gasteiger partial charge is 0.274 e. The highest BCUT2D eigenvalue weighted by Crippen LogP contribution is 2.31. The molecule has 0 spiro atoms. The third-order valence-electron chi connectivity index (χ3n) is 4.35. The number of hydrogen-bond donors (Lipinski definition) is 4. The van der Waals surface area contributed by atoms with Crippen LogP contribution in [0.5, 0.6) is 0 Å². The molecule has 0 aliphatic carbocycles. The number of hydroxylamine groups is 1. The fraction of sp³-hybridized carbons (Fsp3) is 0.250. The summed E-state index contributed by atoms with van der Waals surface area (Å²) < 4.78 is 1.14. The van der Waals surface area contributed by atoms with Crippen molar-refractivity contribution in [1.29, 1.82) is 0 Å². The van der Waals surface area contributed by atoms with Gasteiger partial charge in [0.25, 0.3) is 5.91 Å². The largest absolute Gasteiger partial charge is 0.373 e. The number of amides is 1. The lowest BCUT2D eigenvalue weighted by atomic mass is 9.95. The van der Waals surface area contributed by atoms with Gasteiger partial charge < -0.3 is 5.11 Å². The second-order valence-electron chi connectivity index (χ2n) is 6.54. The number of aliphatic hydroxyl groups is 1. The van der Waals surface area contributed by atoms with Gasteiger partial charge in [-0.05, 0) is 41.1 Å². The van der Waals surface area contributed by atoms with E-state index in [2.05, 4.69) is 19.2 Å². The van der Waals surface area contributed by atoms with Crippen molar-refractivity contribution in [3.63, 3.8) is 0 Å². The second kappa shape index (κ2) is 7.97. The van der Waals surface area contributed by atoms with Crippen molar-refractivity contribution >= 4 is 27.3 Å². The molecule has 136 valence electrons. The summed E-state index contributed by atoms with van der Waals surface area (Å²) in [7, 11) is 0. The summed E-state index contributed by atoms with van der Waals surface area (Å²) >= 11 is 1.57. The molecule has 3 rings (SSSR count). The number of aliphatic hydroxyl groups excluding tert-OH is 1. The average molecular weight is 370 g/mol. The summed E-state index contributed by atoms with van der Waals surface area (Å²) in [6, 6.07) is 17.0. The standard InChI is InChI=1S/C20H22N2O3S/c1-12(2)18(13-7-9-14(10-8-13)19(23)22-25)21-20(24)17-11-15-5-3-4-6-16(15)26-17/h3-12,18,20-21,24-25H,1-2H3,(H,22,23)/t18-,20?/m0/s1. The first-order valence-corrected chi connectivity index (χ1v) is 9.28. The number of hydrogen-bond acceptors (Lipinski definition) is 5. The molecule has 26 heavy (non-hydrogen) atoms. The summed E-state index contributed by atoms with van der Waals surface area (Å²) in [5, 5.41) is 23.8. The minimum Gasteiger partial charge on any atom is -0.373 e. The predicted molar refractivity (Wildman–Crippen MR) is 103 cm³/mol. The van der Waals surface area contributed by atoms with Crippen LogP contribution in [0, 0.1) is 5.92 Å². The zero-order chi connectivity index (χ0) is 18.7. The maximum atomic E-state index is 11.5. The van der Waals surface area contributed by atoms with Crippen molar-refractivity contribution in [3.8, 4) is 0 Å². The van der Waals surface area contributed by atoms with Crippen LogP contribution in [-0.2, 0) is 0 Å². The molecule has 1 unspecified atom stereocenters. The highest BCUT2D eigenvalue weighted by atomic mass is 32.1. The van der Waals surface area contributed by atoms with Crippen LogP contribution < -0.4 is 10.8 Å². The highest BCUT2D eigenvalue weighted by Gasteiger charge is 2.21. The number of carbonyl (C=O) groups excluding carboxylic acids is 1. The van der Waals surface area contributed by atoms with Crippen molar-refractivity contribution in [2.24, 2.45) is 5.92 Å². The summed E-state index contributed by atoms with van der Waals surface area (Å²) in [6.45, 7) is 4.15. The van der Waals surface area contributed by atoms with E-state index >= 15 is 0 Å². The van der Waals surface area contributed by atoms with Gasteiger partial charge in [0.1, 0.15) is 6.23 Å². The van der Waals surface area contributed by atoms with Gasteiger partial charge in [0.05, 0.1) is 0 Å². The molecule has 0 fully saturated rings. The van der Waals surface area contributed by atoms with Gasteiger partial charge in [-0.25, -0.2) is 5.48 Å². The molecule has 1 aromatic heterocycles. The Balaban J connectivity index is 1.80. The number of nitrogens with one attached hydrogen (secondary N) is 2. The van der Waals surface area contributed by atoms with Gasteiger partial charge in [-0.2, -0.15) is 0 Å². The molecule has 0 saturated heterocycles. The van der Waals surface area contributed by atoms with Gasteiger partial charge in [0, 0.05) is 21.2 Å². The Kier molecular flexibility index (Phi) is 5.68. The van der Waals surface area contributed by atoms with Gasteiger partial charge >= 0.3 is 0 Å². The van der Waals surface area contributed by atoms with E-state index in [1.165, 1.54) is 0 Å². The molecule has 0 aliphatic rings. The Bertz CT molecular complexity index is 856. The Morgan fingerprint density at radius 2 is 1.77 bits per heavy atom. The van der Waals surface area contributed by atoms with E-state index in [4.69, 9.17) is 5.21 Å². The lowest BCUT2D eigenvalue weighted by Crippen LogP contribution is -2.29. The maximum Gasteiger partial charge on any atom is 0.274 e. The van der Waals surface area contributed by atoms with Crippen molar-refractivity contribution < 1.29 is 15.1 Å². The topological polar surface area (TPSA) is 81.6 Å². The van der Waals surface area contributed by atoms with Crippen LogP contribution in [0.4, 0.5) is 0 Å². The molecule has 0 aliphatic heterocycles. The summed E-state index contributed by atoms with van der Waals surface area (Å²) in [4.78, 5) is 12.3. The number of fused-ring (bicyclic) bond motifs is 1. The van der Waals surface area contributed by atoms with E-state index in [-0.39, 0.29) is 12.0 Å². The molecule has 1 heterocycles. The second-order valence-corrected chi connectivity index (χ2v) is 7.66. The lowest BCUT2D eigenvalue weighted by molar-refractivity contribution is 0.0706. The lowest BCUT2D eigenvalue weighted by Gasteiger charge is -2.26. The summed E-state index contributed by atoms with van der Waals surface area (Å²) in [6.07, 6.45) is -0.778. The minimum absolute atomic E-state index is 0.0820. The molecule has 5 nitrogen and oxygen atoms in total. The Labute approximate surface area is 156 Å². The van der Waals surface area contributed by atoms with Crippen LogP contribution >= 0.6 is 11.3 Å². The zero-order valence-corrected chi connectivity index (χ0v) is 15.5.